The summed E-state index contributed by atoms with van der Waals surface area (Å²) >= 11 is 7.12. The number of carbonyl (C=O) groups is 3. The van der Waals surface area contributed by atoms with Crippen LogP contribution in [-0.2, 0) is 14.4 Å². The number of hydrogen-bond acceptors (Lipinski definition) is 4. The minimum absolute atomic E-state index is 0.118. The van der Waals surface area contributed by atoms with E-state index in [1.807, 2.05) is 0 Å². The summed E-state index contributed by atoms with van der Waals surface area (Å²) in [6.07, 6.45) is 0.845. The van der Waals surface area contributed by atoms with E-state index in [2.05, 4.69) is 31.9 Å². The van der Waals surface area contributed by atoms with Crippen LogP contribution in [0, 0.1) is 23.7 Å². The number of amides is 2. The normalized spacial score (nSPS) is 45.8. The first-order chi connectivity index (χ1) is 8.43. The lowest BCUT2D eigenvalue weighted by Gasteiger charge is -2.28. The maximum atomic E-state index is 12.2. The highest BCUT2D eigenvalue weighted by atomic mass is 79.9. The molecule has 2 bridgehead atoms. The Labute approximate surface area is 120 Å². The molecular formula is C11H10Br2NO4-. The van der Waals surface area contributed by atoms with Crippen molar-refractivity contribution >= 4 is 49.6 Å². The average Bonchev–Trinajstić information content (AvgIpc) is 2.88. The number of likely N-dealkylation sites (tertiary alicyclic amines) is 1. The van der Waals surface area contributed by atoms with Crippen molar-refractivity contribution < 1.29 is 19.5 Å². The first-order valence-electron chi connectivity index (χ1n) is 5.76. The number of carboxylic acid groups (broad SMARTS) is 1. The van der Waals surface area contributed by atoms with Crippen molar-refractivity contribution in [1.82, 2.24) is 4.90 Å². The van der Waals surface area contributed by atoms with E-state index in [4.69, 9.17) is 0 Å². The Morgan fingerprint density at radius 1 is 1.17 bits per heavy atom. The quantitative estimate of drug-likeness (QED) is 0.479. The van der Waals surface area contributed by atoms with Crippen LogP contribution >= 0.6 is 31.9 Å². The highest BCUT2D eigenvalue weighted by Crippen LogP contribution is 2.60. The molecule has 3 aliphatic rings. The van der Waals surface area contributed by atoms with Crippen LogP contribution in [0.4, 0.5) is 0 Å². The molecule has 0 radical (unpaired) electrons. The van der Waals surface area contributed by atoms with Crippen LogP contribution in [0.3, 0.4) is 0 Å². The zero-order chi connectivity index (χ0) is 13.2. The molecule has 18 heavy (non-hydrogen) atoms. The third kappa shape index (κ3) is 1.46. The van der Waals surface area contributed by atoms with Crippen molar-refractivity contribution in [3.63, 3.8) is 0 Å². The van der Waals surface area contributed by atoms with Gasteiger partial charge in [0.05, 0.1) is 24.3 Å². The number of nitrogens with zero attached hydrogens (tertiary/aromatic N) is 1. The first kappa shape index (κ1) is 12.6. The van der Waals surface area contributed by atoms with Crippen LogP contribution in [0.25, 0.3) is 0 Å². The maximum absolute atomic E-state index is 12.2. The van der Waals surface area contributed by atoms with E-state index in [1.165, 1.54) is 0 Å². The molecule has 3 rings (SSSR count). The number of rotatable bonds is 2. The van der Waals surface area contributed by atoms with Crippen molar-refractivity contribution in [2.75, 3.05) is 6.54 Å². The molecule has 1 saturated heterocycles. The lowest BCUT2D eigenvalue weighted by molar-refractivity contribution is -0.305. The summed E-state index contributed by atoms with van der Waals surface area (Å²) < 4.78 is 0. The molecule has 5 nitrogen and oxygen atoms in total. The maximum Gasteiger partial charge on any atom is 0.233 e. The predicted octanol–water partition coefficient (Wildman–Crippen LogP) is -0.486. The van der Waals surface area contributed by atoms with E-state index >= 15 is 0 Å². The van der Waals surface area contributed by atoms with Crippen LogP contribution in [0.5, 0.6) is 0 Å². The number of aliphatic carboxylic acids is 1. The zero-order valence-corrected chi connectivity index (χ0v) is 12.4. The van der Waals surface area contributed by atoms with Crippen LogP contribution in [0.1, 0.15) is 6.42 Å². The summed E-state index contributed by atoms with van der Waals surface area (Å²) in [5, 5.41) is 10.6. The van der Waals surface area contributed by atoms with E-state index < -0.39 is 12.5 Å². The molecule has 2 amide bonds. The Morgan fingerprint density at radius 2 is 1.61 bits per heavy atom. The number of hydrogen-bond donors (Lipinski definition) is 0. The van der Waals surface area contributed by atoms with Crippen LogP contribution < -0.4 is 5.11 Å². The van der Waals surface area contributed by atoms with Gasteiger partial charge in [0.2, 0.25) is 11.8 Å². The van der Waals surface area contributed by atoms with Gasteiger partial charge < -0.3 is 9.90 Å². The van der Waals surface area contributed by atoms with Gasteiger partial charge in [-0.05, 0) is 18.3 Å². The van der Waals surface area contributed by atoms with Gasteiger partial charge in [0, 0.05) is 9.65 Å². The third-order valence-corrected chi connectivity index (χ3v) is 7.57. The van der Waals surface area contributed by atoms with E-state index in [9.17, 15) is 19.5 Å². The summed E-state index contributed by atoms with van der Waals surface area (Å²) in [6, 6.07) is 0. The van der Waals surface area contributed by atoms with E-state index in [1.54, 1.807) is 0 Å². The summed E-state index contributed by atoms with van der Waals surface area (Å²) in [4.78, 5) is 36.1. The van der Waals surface area contributed by atoms with Crippen LogP contribution in [0.2, 0.25) is 0 Å². The second-order valence-electron chi connectivity index (χ2n) is 5.14. The fourth-order valence-corrected chi connectivity index (χ4v) is 5.57. The van der Waals surface area contributed by atoms with Gasteiger partial charge in [-0.3, -0.25) is 14.5 Å². The van der Waals surface area contributed by atoms with Crippen molar-refractivity contribution in [3.8, 4) is 0 Å². The number of imide groups is 1. The van der Waals surface area contributed by atoms with Gasteiger partial charge in [-0.25, -0.2) is 0 Å². The minimum atomic E-state index is -1.39. The molecule has 7 heteroatoms. The highest BCUT2D eigenvalue weighted by Gasteiger charge is 2.66. The third-order valence-electron chi connectivity index (χ3n) is 4.37. The van der Waals surface area contributed by atoms with Gasteiger partial charge in [0.25, 0.3) is 0 Å². The molecule has 98 valence electrons. The molecule has 1 aliphatic heterocycles. The number of alkyl halides is 2. The number of fused-ring (bicyclic) bond motifs is 5. The second kappa shape index (κ2) is 4.03. The van der Waals surface area contributed by atoms with Gasteiger partial charge in [-0.1, -0.05) is 31.9 Å². The summed E-state index contributed by atoms with van der Waals surface area (Å²) in [7, 11) is 0. The van der Waals surface area contributed by atoms with E-state index in [0.717, 1.165) is 11.3 Å². The van der Waals surface area contributed by atoms with Crippen LogP contribution in [-0.4, -0.2) is 38.9 Å². The van der Waals surface area contributed by atoms with Gasteiger partial charge in [0.15, 0.2) is 0 Å². The SMILES string of the molecule is O=C([O-])CN1C(=O)[C@@H]2[C@@H]3C[C@@H]([C@@H](Br)[C@H]3Br)[C@@H]2C1=O. The smallest absolute Gasteiger partial charge is 0.233 e. The van der Waals surface area contributed by atoms with Gasteiger partial charge in [0.1, 0.15) is 0 Å². The number of carbonyl (C=O) groups excluding carboxylic acids is 3. The average molecular weight is 380 g/mol. The predicted molar refractivity (Wildman–Crippen MR) is 65.7 cm³/mol. The summed E-state index contributed by atoms with van der Waals surface area (Å²) in [6.45, 7) is -0.621. The lowest BCUT2D eigenvalue weighted by Crippen LogP contribution is -2.42. The first-order valence-corrected chi connectivity index (χ1v) is 7.60. The standard InChI is InChI=1S/C11H11Br2NO4/c12-8-3-1-4(9(8)13)7-6(3)10(17)14(11(7)18)2-5(15)16/h3-4,6-9H,1-2H2,(H,15,16)/p-1/t3-,4+,6+,7-,8-,9+. The molecule has 6 atom stereocenters. The van der Waals surface area contributed by atoms with E-state index in [-0.39, 0.29) is 45.1 Å². The summed E-state index contributed by atoms with van der Waals surface area (Å²) in [5.41, 5.74) is 0. The van der Waals surface area contributed by atoms with Gasteiger partial charge >= 0.3 is 0 Å². The van der Waals surface area contributed by atoms with E-state index in [0.29, 0.717) is 0 Å². The van der Waals surface area contributed by atoms with Crippen molar-refractivity contribution in [3.05, 3.63) is 0 Å². The minimum Gasteiger partial charge on any atom is -0.548 e. The Bertz CT molecular complexity index is 422. The zero-order valence-electron chi connectivity index (χ0n) is 9.21. The molecule has 1 heterocycles. The molecule has 0 aromatic heterocycles. The Balaban J connectivity index is 1.92. The van der Waals surface area contributed by atoms with Crippen molar-refractivity contribution in [2.24, 2.45) is 23.7 Å². The van der Waals surface area contributed by atoms with Gasteiger partial charge in [-0.15, -0.1) is 0 Å². The van der Waals surface area contributed by atoms with Crippen molar-refractivity contribution in [1.29, 1.82) is 0 Å². The molecule has 3 fully saturated rings. The Morgan fingerprint density at radius 3 is 2.00 bits per heavy atom. The highest BCUT2D eigenvalue weighted by molar-refractivity contribution is 9.12. The molecule has 2 aliphatic carbocycles. The fraction of sp³-hybridized carbons (Fsp3) is 0.727. The lowest BCUT2D eigenvalue weighted by atomic mass is 9.81. The largest absolute Gasteiger partial charge is 0.548 e. The molecular weight excluding hydrogens is 370 g/mol. The monoisotopic (exact) mass is 378 g/mol. The molecule has 0 spiro atoms. The summed E-state index contributed by atoms with van der Waals surface area (Å²) in [5.74, 6) is -2.54. The Hall–Kier alpha value is -0.430. The van der Waals surface area contributed by atoms with Crippen LogP contribution in [0.15, 0.2) is 0 Å². The van der Waals surface area contributed by atoms with Gasteiger partial charge in [-0.2, -0.15) is 0 Å². The molecule has 0 unspecified atom stereocenters. The Kier molecular flexibility index (Phi) is 2.82. The number of carboxylic acids is 1. The molecule has 0 aromatic rings. The molecule has 0 aromatic carbocycles. The fourth-order valence-electron chi connectivity index (χ4n) is 3.70. The number of halogens is 2. The molecule has 2 saturated carbocycles. The van der Waals surface area contributed by atoms with Crippen molar-refractivity contribution in [2.45, 2.75) is 16.1 Å². The molecule has 0 N–H and O–H groups in total. The second-order valence-corrected chi connectivity index (χ2v) is 7.25. The topological polar surface area (TPSA) is 77.5 Å².